The summed E-state index contributed by atoms with van der Waals surface area (Å²) >= 11 is 0. The first-order valence-electron chi connectivity index (χ1n) is 4.56. The Labute approximate surface area is 75.1 Å². The van der Waals surface area contributed by atoms with Crippen molar-refractivity contribution in [3.05, 3.63) is 0 Å². The Morgan fingerprint density at radius 3 is 2.18 bits per heavy atom. The lowest BCUT2D eigenvalue weighted by atomic mass is 9.84. The quantitative estimate of drug-likeness (QED) is 0.602. The lowest BCUT2D eigenvalue weighted by molar-refractivity contribution is 0.305. The maximum absolute atomic E-state index is 5.89. The first kappa shape index (κ1) is 9.34. The zero-order valence-electron chi connectivity index (χ0n) is 7.01. The minimum absolute atomic E-state index is 0. The topological polar surface area (TPSA) is 26.0 Å². The molecule has 66 valence electrons. The smallest absolute Gasteiger partial charge is 0.00443 e. The lowest BCUT2D eigenvalue weighted by Gasteiger charge is -2.21. The van der Waals surface area contributed by atoms with E-state index in [1.54, 1.807) is 0 Å². The van der Waals surface area contributed by atoms with E-state index in [9.17, 15) is 0 Å². The van der Waals surface area contributed by atoms with Crippen molar-refractivity contribution in [3.8, 4) is 0 Å². The normalized spacial score (nSPS) is 34.1. The van der Waals surface area contributed by atoms with E-state index in [4.69, 9.17) is 5.73 Å². The van der Waals surface area contributed by atoms with Gasteiger partial charge in [0.25, 0.3) is 0 Å². The zero-order valence-corrected chi connectivity index (χ0v) is 7.83. The highest BCUT2D eigenvalue weighted by Crippen LogP contribution is 2.49. The van der Waals surface area contributed by atoms with Gasteiger partial charge in [0.1, 0.15) is 0 Å². The summed E-state index contributed by atoms with van der Waals surface area (Å²) in [4.78, 5) is 0. The van der Waals surface area contributed by atoms with Crippen molar-refractivity contribution in [2.45, 2.75) is 51.0 Å². The van der Waals surface area contributed by atoms with E-state index in [1.807, 2.05) is 0 Å². The molecule has 0 aromatic carbocycles. The second kappa shape index (κ2) is 3.32. The fraction of sp³-hybridized carbons (Fsp3) is 1.00. The van der Waals surface area contributed by atoms with E-state index in [0.29, 0.717) is 6.04 Å². The van der Waals surface area contributed by atoms with Gasteiger partial charge in [-0.3, -0.25) is 0 Å². The molecule has 0 aromatic heterocycles. The Bertz CT molecular complexity index is 130. The standard InChI is InChI=1S/C9H17N.ClH/c10-8-3-6-9(7-8)4-1-2-5-9;/h8H,1-7,10H2;1H. The van der Waals surface area contributed by atoms with Gasteiger partial charge >= 0.3 is 0 Å². The number of rotatable bonds is 0. The first-order valence-corrected chi connectivity index (χ1v) is 4.56. The van der Waals surface area contributed by atoms with Crippen LogP contribution in [-0.2, 0) is 0 Å². The van der Waals surface area contributed by atoms with Crippen LogP contribution in [0.1, 0.15) is 44.9 Å². The van der Waals surface area contributed by atoms with E-state index in [-0.39, 0.29) is 12.4 Å². The van der Waals surface area contributed by atoms with E-state index in [1.165, 1.54) is 44.9 Å². The van der Waals surface area contributed by atoms with Gasteiger partial charge < -0.3 is 5.73 Å². The Morgan fingerprint density at radius 2 is 1.73 bits per heavy atom. The molecule has 2 saturated carbocycles. The van der Waals surface area contributed by atoms with Crippen molar-refractivity contribution in [2.24, 2.45) is 11.1 Å². The summed E-state index contributed by atoms with van der Waals surface area (Å²) in [6.07, 6.45) is 9.92. The van der Waals surface area contributed by atoms with Gasteiger partial charge in [-0.2, -0.15) is 0 Å². The van der Waals surface area contributed by atoms with Crippen molar-refractivity contribution < 1.29 is 0 Å². The SMILES string of the molecule is Cl.NC1CCC2(CCCC2)C1. The molecule has 1 unspecified atom stereocenters. The van der Waals surface area contributed by atoms with Gasteiger partial charge in [0.05, 0.1) is 0 Å². The number of halogens is 1. The molecule has 2 aliphatic carbocycles. The molecule has 2 N–H and O–H groups in total. The zero-order chi connectivity index (χ0) is 7.03. The highest BCUT2D eigenvalue weighted by atomic mass is 35.5. The summed E-state index contributed by atoms with van der Waals surface area (Å²) < 4.78 is 0. The third kappa shape index (κ3) is 1.70. The molecule has 0 amide bonds. The molecule has 2 rings (SSSR count). The van der Waals surface area contributed by atoms with Crippen molar-refractivity contribution >= 4 is 12.4 Å². The summed E-state index contributed by atoms with van der Waals surface area (Å²) in [6.45, 7) is 0. The second-order valence-corrected chi connectivity index (χ2v) is 4.21. The Kier molecular flexibility index (Phi) is 2.82. The third-order valence-corrected chi connectivity index (χ3v) is 3.40. The fourth-order valence-corrected chi connectivity index (χ4v) is 2.83. The van der Waals surface area contributed by atoms with Crippen molar-refractivity contribution in [2.75, 3.05) is 0 Å². The maximum atomic E-state index is 5.89. The molecule has 1 atom stereocenters. The highest BCUT2D eigenvalue weighted by Gasteiger charge is 2.39. The second-order valence-electron chi connectivity index (χ2n) is 4.21. The predicted molar refractivity (Wildman–Crippen MR) is 50.0 cm³/mol. The predicted octanol–water partition coefficient (Wildman–Crippen LogP) is 2.48. The summed E-state index contributed by atoms with van der Waals surface area (Å²) in [5.74, 6) is 0. The maximum Gasteiger partial charge on any atom is 0.00443 e. The molecule has 11 heavy (non-hydrogen) atoms. The molecule has 0 aliphatic heterocycles. The molecule has 2 heteroatoms. The molecule has 0 saturated heterocycles. The Morgan fingerprint density at radius 1 is 1.09 bits per heavy atom. The monoisotopic (exact) mass is 175 g/mol. The largest absolute Gasteiger partial charge is 0.328 e. The molecule has 2 aliphatic rings. The van der Waals surface area contributed by atoms with Crippen LogP contribution in [0.15, 0.2) is 0 Å². The third-order valence-electron chi connectivity index (χ3n) is 3.40. The van der Waals surface area contributed by atoms with Crippen LogP contribution in [0.2, 0.25) is 0 Å². The van der Waals surface area contributed by atoms with Gasteiger partial charge in [-0.1, -0.05) is 12.8 Å². The summed E-state index contributed by atoms with van der Waals surface area (Å²) in [6, 6.07) is 0.540. The summed E-state index contributed by atoms with van der Waals surface area (Å²) in [7, 11) is 0. The molecular formula is C9H18ClN. The van der Waals surface area contributed by atoms with Gasteiger partial charge in [0.15, 0.2) is 0 Å². The molecule has 0 bridgehead atoms. The van der Waals surface area contributed by atoms with Crippen LogP contribution < -0.4 is 5.73 Å². The molecule has 0 heterocycles. The minimum Gasteiger partial charge on any atom is -0.328 e. The molecular weight excluding hydrogens is 158 g/mol. The van der Waals surface area contributed by atoms with Gasteiger partial charge in [0, 0.05) is 6.04 Å². The minimum atomic E-state index is 0. The summed E-state index contributed by atoms with van der Waals surface area (Å²) in [5, 5.41) is 0. The van der Waals surface area contributed by atoms with Crippen LogP contribution in [0.3, 0.4) is 0 Å². The van der Waals surface area contributed by atoms with Crippen molar-refractivity contribution in [1.29, 1.82) is 0 Å². The lowest BCUT2D eigenvalue weighted by Crippen LogP contribution is -2.18. The van der Waals surface area contributed by atoms with Crippen LogP contribution in [0.25, 0.3) is 0 Å². The van der Waals surface area contributed by atoms with E-state index < -0.39 is 0 Å². The molecule has 1 nitrogen and oxygen atoms in total. The van der Waals surface area contributed by atoms with E-state index >= 15 is 0 Å². The highest BCUT2D eigenvalue weighted by molar-refractivity contribution is 5.85. The first-order chi connectivity index (χ1) is 4.81. The molecule has 2 fully saturated rings. The molecule has 0 radical (unpaired) electrons. The van der Waals surface area contributed by atoms with Crippen LogP contribution in [-0.4, -0.2) is 6.04 Å². The summed E-state index contributed by atoms with van der Waals surface area (Å²) in [5.41, 5.74) is 6.62. The van der Waals surface area contributed by atoms with Gasteiger partial charge in [-0.05, 0) is 37.5 Å². The molecule has 1 spiro atoms. The number of nitrogens with two attached hydrogens (primary N) is 1. The van der Waals surface area contributed by atoms with Crippen molar-refractivity contribution in [3.63, 3.8) is 0 Å². The van der Waals surface area contributed by atoms with Gasteiger partial charge in [-0.25, -0.2) is 0 Å². The van der Waals surface area contributed by atoms with Gasteiger partial charge in [0.2, 0.25) is 0 Å². The van der Waals surface area contributed by atoms with Crippen LogP contribution in [0.4, 0.5) is 0 Å². The van der Waals surface area contributed by atoms with Crippen LogP contribution >= 0.6 is 12.4 Å². The average Bonchev–Trinajstić information content (AvgIpc) is 2.46. The Hall–Kier alpha value is 0.250. The van der Waals surface area contributed by atoms with Crippen LogP contribution in [0, 0.1) is 5.41 Å². The van der Waals surface area contributed by atoms with Crippen LogP contribution in [0.5, 0.6) is 0 Å². The van der Waals surface area contributed by atoms with Gasteiger partial charge in [-0.15, -0.1) is 12.4 Å². The number of hydrogen-bond donors (Lipinski definition) is 1. The van der Waals surface area contributed by atoms with Crippen molar-refractivity contribution in [1.82, 2.24) is 0 Å². The Balaban J connectivity index is 0.000000605. The fourth-order valence-electron chi connectivity index (χ4n) is 2.83. The average molecular weight is 176 g/mol. The van der Waals surface area contributed by atoms with E-state index in [0.717, 1.165) is 5.41 Å². The number of hydrogen-bond acceptors (Lipinski definition) is 1. The van der Waals surface area contributed by atoms with E-state index in [2.05, 4.69) is 0 Å². The molecule has 0 aromatic rings.